The molecule has 0 amide bonds. The van der Waals surface area contributed by atoms with E-state index in [1.807, 2.05) is 12.1 Å². The molecule has 80 valence electrons. The second kappa shape index (κ2) is 5.99. The third kappa shape index (κ3) is 4.43. The summed E-state index contributed by atoms with van der Waals surface area (Å²) in [5.74, 6) is 0. The van der Waals surface area contributed by atoms with Crippen molar-refractivity contribution in [2.45, 2.75) is 6.42 Å². The summed E-state index contributed by atoms with van der Waals surface area (Å²) in [6, 6.07) is 5.65. The Balaban J connectivity index is 2.35. The first kappa shape index (κ1) is 11.5. The van der Waals surface area contributed by atoms with Gasteiger partial charge in [0.15, 0.2) is 0 Å². The lowest BCUT2D eigenvalue weighted by Gasteiger charge is -2.10. The zero-order valence-corrected chi connectivity index (χ0v) is 9.20. The highest BCUT2D eigenvalue weighted by atomic mass is 15.1. The summed E-state index contributed by atoms with van der Waals surface area (Å²) in [7, 11) is 4.11. The molecule has 4 nitrogen and oxygen atoms in total. The normalized spacial score (nSPS) is 10.0. The van der Waals surface area contributed by atoms with Crippen molar-refractivity contribution in [2.75, 3.05) is 32.5 Å². The molecule has 1 N–H and O–H groups in total. The van der Waals surface area contributed by atoms with Gasteiger partial charge < -0.3 is 10.2 Å². The SMILES string of the molecule is CN(C)CCCNc1ccnc(C#N)c1. The number of nitrogens with one attached hydrogen (secondary N) is 1. The van der Waals surface area contributed by atoms with Crippen LogP contribution in [0.2, 0.25) is 0 Å². The standard InChI is InChI=1S/C11H16N4/c1-15(2)7-3-5-13-10-4-6-14-11(8-10)9-12/h4,6,8H,3,5,7H2,1-2H3,(H,13,14). The van der Waals surface area contributed by atoms with Gasteiger partial charge in [0.25, 0.3) is 0 Å². The highest BCUT2D eigenvalue weighted by Crippen LogP contribution is 2.06. The van der Waals surface area contributed by atoms with Crippen LogP contribution in [-0.4, -0.2) is 37.1 Å². The molecule has 1 rings (SSSR count). The Morgan fingerprint density at radius 3 is 3.00 bits per heavy atom. The maximum Gasteiger partial charge on any atom is 0.142 e. The van der Waals surface area contributed by atoms with Gasteiger partial charge in [-0.3, -0.25) is 0 Å². The van der Waals surface area contributed by atoms with Crippen LogP contribution in [0.15, 0.2) is 18.3 Å². The monoisotopic (exact) mass is 204 g/mol. The second-order valence-corrected chi connectivity index (χ2v) is 3.63. The molecular weight excluding hydrogens is 188 g/mol. The molecule has 0 unspecified atom stereocenters. The molecule has 4 heteroatoms. The molecule has 0 fully saturated rings. The largest absolute Gasteiger partial charge is 0.385 e. The van der Waals surface area contributed by atoms with Crippen molar-refractivity contribution in [3.05, 3.63) is 24.0 Å². The molecular formula is C11H16N4. The van der Waals surface area contributed by atoms with E-state index in [0.717, 1.165) is 25.2 Å². The van der Waals surface area contributed by atoms with Crippen LogP contribution < -0.4 is 5.32 Å². The highest BCUT2D eigenvalue weighted by molar-refractivity contribution is 5.45. The Labute approximate surface area is 90.5 Å². The molecule has 15 heavy (non-hydrogen) atoms. The first-order chi connectivity index (χ1) is 7.22. The Morgan fingerprint density at radius 2 is 2.33 bits per heavy atom. The predicted molar refractivity (Wildman–Crippen MR) is 60.6 cm³/mol. The molecule has 0 saturated carbocycles. The van der Waals surface area contributed by atoms with Gasteiger partial charge in [-0.05, 0) is 39.2 Å². The molecule has 0 atom stereocenters. The van der Waals surface area contributed by atoms with Gasteiger partial charge in [0.2, 0.25) is 0 Å². The number of nitrogens with zero attached hydrogens (tertiary/aromatic N) is 3. The van der Waals surface area contributed by atoms with E-state index in [-0.39, 0.29) is 0 Å². The van der Waals surface area contributed by atoms with Crippen LogP contribution in [0.25, 0.3) is 0 Å². The second-order valence-electron chi connectivity index (χ2n) is 3.63. The summed E-state index contributed by atoms with van der Waals surface area (Å²) in [5, 5.41) is 11.9. The van der Waals surface area contributed by atoms with Crippen molar-refractivity contribution in [1.82, 2.24) is 9.88 Å². The molecule has 1 aromatic heterocycles. The molecule has 0 saturated heterocycles. The van der Waals surface area contributed by atoms with Crippen LogP contribution in [0.5, 0.6) is 0 Å². The van der Waals surface area contributed by atoms with Crippen LogP contribution in [0, 0.1) is 11.3 Å². The number of hydrogen-bond acceptors (Lipinski definition) is 4. The summed E-state index contributed by atoms with van der Waals surface area (Å²) in [4.78, 5) is 6.05. The van der Waals surface area contributed by atoms with Crippen molar-refractivity contribution in [3.8, 4) is 6.07 Å². The van der Waals surface area contributed by atoms with E-state index in [1.54, 1.807) is 12.3 Å². The Bertz CT molecular complexity index is 341. The van der Waals surface area contributed by atoms with Crippen molar-refractivity contribution in [3.63, 3.8) is 0 Å². The molecule has 1 heterocycles. The minimum atomic E-state index is 0.451. The first-order valence-corrected chi connectivity index (χ1v) is 4.97. The van der Waals surface area contributed by atoms with Crippen LogP contribution in [0.3, 0.4) is 0 Å². The number of rotatable bonds is 5. The number of nitriles is 1. The number of anilines is 1. The molecule has 0 spiro atoms. The quantitative estimate of drug-likeness (QED) is 0.735. The fourth-order valence-corrected chi connectivity index (χ4v) is 1.23. The average Bonchev–Trinajstić information content (AvgIpc) is 2.24. The van der Waals surface area contributed by atoms with Crippen molar-refractivity contribution >= 4 is 5.69 Å². The number of pyridine rings is 1. The van der Waals surface area contributed by atoms with E-state index >= 15 is 0 Å². The minimum absolute atomic E-state index is 0.451. The van der Waals surface area contributed by atoms with Crippen molar-refractivity contribution in [1.29, 1.82) is 5.26 Å². The van der Waals surface area contributed by atoms with Crippen molar-refractivity contribution < 1.29 is 0 Å². The first-order valence-electron chi connectivity index (χ1n) is 4.97. The fourth-order valence-electron chi connectivity index (χ4n) is 1.23. The van der Waals surface area contributed by atoms with E-state index in [4.69, 9.17) is 5.26 Å². The molecule has 0 aliphatic carbocycles. The Hall–Kier alpha value is -1.60. The van der Waals surface area contributed by atoms with E-state index in [2.05, 4.69) is 29.3 Å². The predicted octanol–water partition coefficient (Wildman–Crippen LogP) is 1.32. The minimum Gasteiger partial charge on any atom is -0.385 e. The van der Waals surface area contributed by atoms with Gasteiger partial charge in [0.1, 0.15) is 11.8 Å². The summed E-state index contributed by atoms with van der Waals surface area (Å²) in [5.41, 5.74) is 1.41. The van der Waals surface area contributed by atoms with Crippen LogP contribution in [-0.2, 0) is 0 Å². The summed E-state index contributed by atoms with van der Waals surface area (Å²) >= 11 is 0. The molecule has 0 aliphatic heterocycles. The van der Waals surface area contributed by atoms with Gasteiger partial charge in [-0.25, -0.2) is 4.98 Å². The Morgan fingerprint density at radius 1 is 1.53 bits per heavy atom. The average molecular weight is 204 g/mol. The van der Waals surface area contributed by atoms with Gasteiger partial charge in [-0.1, -0.05) is 0 Å². The summed E-state index contributed by atoms with van der Waals surface area (Å²) in [6.45, 7) is 1.97. The van der Waals surface area contributed by atoms with E-state index in [1.165, 1.54) is 0 Å². The summed E-state index contributed by atoms with van der Waals surface area (Å²) < 4.78 is 0. The van der Waals surface area contributed by atoms with Gasteiger partial charge in [-0.2, -0.15) is 5.26 Å². The molecule has 0 aliphatic rings. The number of hydrogen-bond donors (Lipinski definition) is 1. The van der Waals surface area contributed by atoms with Crippen LogP contribution >= 0.6 is 0 Å². The molecule has 0 aromatic carbocycles. The lowest BCUT2D eigenvalue weighted by molar-refractivity contribution is 0.405. The third-order valence-electron chi connectivity index (χ3n) is 1.99. The number of aromatic nitrogens is 1. The topological polar surface area (TPSA) is 52.0 Å². The lowest BCUT2D eigenvalue weighted by atomic mass is 10.3. The zero-order chi connectivity index (χ0) is 11.1. The fraction of sp³-hybridized carbons (Fsp3) is 0.455. The smallest absolute Gasteiger partial charge is 0.142 e. The maximum atomic E-state index is 8.66. The summed E-state index contributed by atoms with van der Waals surface area (Å²) in [6.07, 6.45) is 2.73. The molecule has 0 radical (unpaired) electrons. The zero-order valence-electron chi connectivity index (χ0n) is 9.20. The van der Waals surface area contributed by atoms with Crippen LogP contribution in [0.4, 0.5) is 5.69 Å². The highest BCUT2D eigenvalue weighted by Gasteiger charge is 1.95. The van der Waals surface area contributed by atoms with Gasteiger partial charge in [0.05, 0.1) is 0 Å². The Kier molecular flexibility index (Phi) is 4.58. The van der Waals surface area contributed by atoms with E-state index < -0.39 is 0 Å². The van der Waals surface area contributed by atoms with Gasteiger partial charge in [-0.15, -0.1) is 0 Å². The van der Waals surface area contributed by atoms with Crippen LogP contribution in [0.1, 0.15) is 12.1 Å². The van der Waals surface area contributed by atoms with E-state index in [9.17, 15) is 0 Å². The lowest BCUT2D eigenvalue weighted by Crippen LogP contribution is -2.16. The molecule has 1 aromatic rings. The van der Waals surface area contributed by atoms with E-state index in [0.29, 0.717) is 5.69 Å². The third-order valence-corrected chi connectivity index (χ3v) is 1.99. The maximum absolute atomic E-state index is 8.66. The van der Waals surface area contributed by atoms with Gasteiger partial charge >= 0.3 is 0 Å². The molecule has 0 bridgehead atoms. The van der Waals surface area contributed by atoms with Crippen molar-refractivity contribution in [2.24, 2.45) is 0 Å². The van der Waals surface area contributed by atoms with Gasteiger partial charge in [0, 0.05) is 18.4 Å².